The van der Waals surface area contributed by atoms with Gasteiger partial charge in [0.25, 0.3) is 0 Å². The van der Waals surface area contributed by atoms with Crippen molar-refractivity contribution in [2.75, 3.05) is 16.9 Å². The summed E-state index contributed by atoms with van der Waals surface area (Å²) in [7, 11) is 0. The van der Waals surface area contributed by atoms with Crippen molar-refractivity contribution in [3.63, 3.8) is 0 Å². The second-order valence-corrected chi connectivity index (χ2v) is 4.24. The number of aromatic nitrogens is 2. The van der Waals surface area contributed by atoms with Gasteiger partial charge in [0.2, 0.25) is 11.8 Å². The smallest absolute Gasteiger partial charge is 0.249 e. The predicted molar refractivity (Wildman–Crippen MR) is 69.2 cm³/mol. The van der Waals surface area contributed by atoms with Crippen molar-refractivity contribution in [3.05, 3.63) is 11.9 Å². The van der Waals surface area contributed by atoms with Crippen LogP contribution in [0.2, 0.25) is 0 Å². The van der Waals surface area contributed by atoms with Crippen LogP contribution in [0.15, 0.2) is 6.33 Å². The molecule has 1 fully saturated rings. The summed E-state index contributed by atoms with van der Waals surface area (Å²) in [6.45, 7) is 3.74. The molecule has 8 nitrogen and oxygen atoms in total. The lowest BCUT2D eigenvalue weighted by molar-refractivity contribution is -0.132. The van der Waals surface area contributed by atoms with Gasteiger partial charge in [0.05, 0.1) is 6.54 Å². The fourth-order valence-electron chi connectivity index (χ4n) is 2.07. The lowest BCUT2D eigenvalue weighted by Gasteiger charge is -2.33. The molecule has 2 heterocycles. The number of piperazine rings is 1. The lowest BCUT2D eigenvalue weighted by atomic mass is 10.1. The second kappa shape index (κ2) is 5.19. The van der Waals surface area contributed by atoms with Gasteiger partial charge in [0.1, 0.15) is 24.0 Å². The number of hydrogen-bond acceptors (Lipinski definition) is 7. The van der Waals surface area contributed by atoms with Crippen molar-refractivity contribution in [1.29, 1.82) is 0 Å². The maximum atomic E-state index is 11.7. The van der Waals surface area contributed by atoms with Gasteiger partial charge in [-0.1, -0.05) is 6.92 Å². The topological polar surface area (TPSA) is 113 Å². The quantitative estimate of drug-likeness (QED) is 0.371. The number of hydrazine groups is 1. The molecule has 0 spiro atoms. The zero-order valence-corrected chi connectivity index (χ0v) is 10.8. The van der Waals surface area contributed by atoms with E-state index in [0.717, 1.165) is 5.56 Å². The van der Waals surface area contributed by atoms with Crippen LogP contribution in [0, 0.1) is 0 Å². The first-order valence-electron chi connectivity index (χ1n) is 5.99. The summed E-state index contributed by atoms with van der Waals surface area (Å²) in [6, 6.07) is -0.469. The molecule has 4 N–H and O–H groups in total. The number of carbonyl (C=O) groups is 2. The van der Waals surface area contributed by atoms with Crippen LogP contribution in [0.4, 0.5) is 11.6 Å². The molecule has 8 heteroatoms. The van der Waals surface area contributed by atoms with Gasteiger partial charge in [0.15, 0.2) is 0 Å². The molecule has 0 aliphatic carbocycles. The molecule has 102 valence electrons. The zero-order chi connectivity index (χ0) is 14.0. The molecule has 1 aromatic heterocycles. The molecule has 1 aliphatic rings. The molecule has 1 atom stereocenters. The third-order valence-corrected chi connectivity index (χ3v) is 3.11. The second-order valence-electron chi connectivity index (χ2n) is 4.24. The van der Waals surface area contributed by atoms with Crippen molar-refractivity contribution < 1.29 is 9.59 Å². The molecule has 0 aromatic carbocycles. The van der Waals surface area contributed by atoms with Crippen molar-refractivity contribution in [2.24, 2.45) is 5.84 Å². The number of amides is 2. The number of rotatable bonds is 3. The number of nitrogen functional groups attached to an aromatic ring is 1. The summed E-state index contributed by atoms with van der Waals surface area (Å²) in [5.74, 6) is 5.79. The van der Waals surface area contributed by atoms with Gasteiger partial charge in [-0.05, 0) is 13.3 Å². The maximum Gasteiger partial charge on any atom is 0.249 e. The standard InChI is InChI=1S/C11H16N6O2/c1-3-7-9(16-12)13-5-14-10(7)17-4-8(18)15-11(19)6(17)2/h5-6H,3-4,12H2,1-2H3,(H,13,14,16)(H,15,18,19). The first-order chi connectivity index (χ1) is 9.08. The van der Waals surface area contributed by atoms with Crippen LogP contribution in [-0.2, 0) is 16.0 Å². The average Bonchev–Trinajstić information content (AvgIpc) is 2.41. The normalized spacial score (nSPS) is 19.3. The van der Waals surface area contributed by atoms with E-state index >= 15 is 0 Å². The minimum atomic E-state index is -0.469. The predicted octanol–water partition coefficient (Wildman–Crippen LogP) is -0.824. The molecular weight excluding hydrogens is 248 g/mol. The largest absolute Gasteiger partial charge is 0.335 e. The molecule has 1 unspecified atom stereocenters. The Morgan fingerprint density at radius 3 is 2.89 bits per heavy atom. The summed E-state index contributed by atoms with van der Waals surface area (Å²) < 4.78 is 0. The van der Waals surface area contributed by atoms with Crippen LogP contribution in [0.3, 0.4) is 0 Å². The molecule has 0 saturated carbocycles. The van der Waals surface area contributed by atoms with E-state index in [4.69, 9.17) is 5.84 Å². The van der Waals surface area contributed by atoms with Gasteiger partial charge < -0.3 is 10.3 Å². The highest BCUT2D eigenvalue weighted by Gasteiger charge is 2.32. The third kappa shape index (κ3) is 2.34. The third-order valence-electron chi connectivity index (χ3n) is 3.11. The van der Waals surface area contributed by atoms with Gasteiger partial charge in [-0.25, -0.2) is 15.8 Å². The van der Waals surface area contributed by atoms with Crippen LogP contribution in [0.5, 0.6) is 0 Å². The summed E-state index contributed by atoms with van der Waals surface area (Å²) >= 11 is 0. The van der Waals surface area contributed by atoms with E-state index < -0.39 is 6.04 Å². The zero-order valence-electron chi connectivity index (χ0n) is 10.8. The number of nitrogens with two attached hydrogens (primary N) is 1. The Morgan fingerprint density at radius 2 is 2.26 bits per heavy atom. The minimum absolute atomic E-state index is 0.0843. The van der Waals surface area contributed by atoms with Crippen LogP contribution < -0.4 is 21.5 Å². The van der Waals surface area contributed by atoms with Crippen LogP contribution in [0.25, 0.3) is 0 Å². The maximum absolute atomic E-state index is 11.7. The van der Waals surface area contributed by atoms with Gasteiger partial charge in [-0.15, -0.1) is 0 Å². The Kier molecular flexibility index (Phi) is 3.61. The Bertz CT molecular complexity index is 518. The molecule has 1 aliphatic heterocycles. The highest BCUT2D eigenvalue weighted by molar-refractivity contribution is 6.04. The highest BCUT2D eigenvalue weighted by atomic mass is 16.2. The molecule has 0 radical (unpaired) electrons. The van der Waals surface area contributed by atoms with E-state index in [9.17, 15) is 9.59 Å². The number of hydrogen-bond donors (Lipinski definition) is 3. The first-order valence-corrected chi connectivity index (χ1v) is 5.99. The summed E-state index contributed by atoms with van der Waals surface area (Å²) in [5, 5.41) is 2.29. The van der Waals surface area contributed by atoms with Gasteiger partial charge in [-0.2, -0.15) is 0 Å². The van der Waals surface area contributed by atoms with Crippen LogP contribution in [0.1, 0.15) is 19.4 Å². The van der Waals surface area contributed by atoms with E-state index in [1.54, 1.807) is 11.8 Å². The van der Waals surface area contributed by atoms with Crippen molar-refractivity contribution >= 4 is 23.5 Å². The van der Waals surface area contributed by atoms with Crippen molar-refractivity contribution in [2.45, 2.75) is 26.3 Å². The van der Waals surface area contributed by atoms with Crippen molar-refractivity contribution in [3.8, 4) is 0 Å². The minimum Gasteiger partial charge on any atom is -0.335 e. The number of anilines is 2. The van der Waals surface area contributed by atoms with Gasteiger partial charge in [-0.3, -0.25) is 14.9 Å². The molecular formula is C11H16N6O2. The van der Waals surface area contributed by atoms with E-state index in [2.05, 4.69) is 20.7 Å². The summed E-state index contributed by atoms with van der Waals surface area (Å²) in [4.78, 5) is 33.1. The average molecular weight is 264 g/mol. The summed E-state index contributed by atoms with van der Waals surface area (Å²) in [6.07, 6.45) is 1.99. The Hall–Kier alpha value is -2.22. The van der Waals surface area contributed by atoms with Gasteiger partial charge >= 0.3 is 0 Å². The van der Waals surface area contributed by atoms with Crippen molar-refractivity contribution in [1.82, 2.24) is 15.3 Å². The molecule has 2 amide bonds. The SMILES string of the molecule is CCc1c(NN)ncnc1N1CC(=O)NC(=O)C1C. The van der Waals surface area contributed by atoms with Crippen LogP contribution >= 0.6 is 0 Å². The Morgan fingerprint density at radius 1 is 1.53 bits per heavy atom. The Labute approximate surface area is 110 Å². The fraction of sp³-hybridized carbons (Fsp3) is 0.455. The van der Waals surface area contributed by atoms with Gasteiger partial charge in [0, 0.05) is 5.56 Å². The fourth-order valence-corrected chi connectivity index (χ4v) is 2.07. The Balaban J connectivity index is 2.45. The number of nitrogens with zero attached hydrogens (tertiary/aromatic N) is 3. The number of carbonyl (C=O) groups excluding carboxylic acids is 2. The molecule has 2 rings (SSSR count). The molecule has 19 heavy (non-hydrogen) atoms. The van der Waals surface area contributed by atoms with E-state index in [0.29, 0.717) is 18.1 Å². The monoisotopic (exact) mass is 264 g/mol. The molecule has 1 saturated heterocycles. The van der Waals surface area contributed by atoms with Crippen LogP contribution in [-0.4, -0.2) is 34.4 Å². The first kappa shape index (κ1) is 13.2. The highest BCUT2D eigenvalue weighted by Crippen LogP contribution is 2.25. The number of imide groups is 1. The van der Waals surface area contributed by atoms with E-state index in [1.807, 2.05) is 6.92 Å². The summed E-state index contributed by atoms with van der Waals surface area (Å²) in [5.41, 5.74) is 3.28. The van der Waals surface area contributed by atoms with E-state index in [-0.39, 0.29) is 18.4 Å². The molecule has 0 bridgehead atoms. The van der Waals surface area contributed by atoms with E-state index in [1.165, 1.54) is 6.33 Å². The lowest BCUT2D eigenvalue weighted by Crippen LogP contribution is -2.57. The molecule has 1 aromatic rings. The number of nitrogens with one attached hydrogen (secondary N) is 2.